The first kappa shape index (κ1) is 19.2. The van der Waals surface area contributed by atoms with Crippen molar-refractivity contribution in [2.24, 2.45) is 0 Å². The molecule has 0 aliphatic heterocycles. The third-order valence-corrected chi connectivity index (χ3v) is 5.85. The van der Waals surface area contributed by atoms with E-state index in [9.17, 15) is 4.79 Å². The minimum Gasteiger partial charge on any atom is -0.497 e. The normalized spacial score (nSPS) is 11.6. The smallest absolute Gasteiger partial charge is 0.242 e. The van der Waals surface area contributed by atoms with Gasteiger partial charge in [0.1, 0.15) is 11.0 Å². The van der Waals surface area contributed by atoms with E-state index in [-0.39, 0.29) is 5.91 Å². The van der Waals surface area contributed by atoms with Gasteiger partial charge in [0.05, 0.1) is 7.11 Å². The molecule has 0 aliphatic carbocycles. The number of methoxy groups -OCH3 is 1. The van der Waals surface area contributed by atoms with Crippen LogP contribution in [-0.4, -0.2) is 29.8 Å². The Morgan fingerprint density at radius 1 is 1.19 bits per heavy atom. The summed E-state index contributed by atoms with van der Waals surface area (Å²) in [6.45, 7) is 2.78. The summed E-state index contributed by atoms with van der Waals surface area (Å²) >= 11 is 2.83. The lowest BCUT2D eigenvalue weighted by molar-refractivity contribution is -0.115. The van der Waals surface area contributed by atoms with Crippen LogP contribution in [0.4, 0.5) is 10.8 Å². The summed E-state index contributed by atoms with van der Waals surface area (Å²) in [5.41, 5.74) is 1.59. The Bertz CT molecular complexity index is 886. The van der Waals surface area contributed by atoms with E-state index >= 15 is 0 Å². The summed E-state index contributed by atoms with van der Waals surface area (Å²) in [6, 6.07) is 17.0. The van der Waals surface area contributed by atoms with Gasteiger partial charge in [-0.05, 0) is 24.6 Å². The van der Waals surface area contributed by atoms with Gasteiger partial charge in [0.2, 0.25) is 11.0 Å². The van der Waals surface area contributed by atoms with Gasteiger partial charge in [0, 0.05) is 18.3 Å². The lowest BCUT2D eigenvalue weighted by atomic mass is 10.1. The molecule has 8 heteroatoms. The maximum Gasteiger partial charge on any atom is 0.242 e. The first-order chi connectivity index (χ1) is 13.2. The van der Waals surface area contributed by atoms with Gasteiger partial charge in [0.15, 0.2) is 4.34 Å². The minimum absolute atomic E-state index is 0.125. The Morgan fingerprint density at radius 3 is 2.74 bits per heavy atom. The number of anilines is 2. The average molecular weight is 401 g/mol. The monoisotopic (exact) mass is 400 g/mol. The summed E-state index contributed by atoms with van der Waals surface area (Å²) < 4.78 is 5.96. The van der Waals surface area contributed by atoms with Gasteiger partial charge in [0.25, 0.3) is 0 Å². The molecule has 1 aromatic heterocycles. The predicted octanol–water partition coefficient (Wildman–Crippen LogP) is 4.45. The van der Waals surface area contributed by atoms with E-state index in [1.807, 2.05) is 55.5 Å². The topological polar surface area (TPSA) is 76.1 Å². The van der Waals surface area contributed by atoms with E-state index < -0.39 is 5.25 Å². The quantitative estimate of drug-likeness (QED) is 0.544. The molecule has 140 valence electrons. The summed E-state index contributed by atoms with van der Waals surface area (Å²) in [4.78, 5) is 13.0. The maximum absolute atomic E-state index is 13.0. The second kappa shape index (κ2) is 9.38. The van der Waals surface area contributed by atoms with E-state index in [1.165, 1.54) is 23.1 Å². The molecule has 0 radical (unpaired) electrons. The molecule has 27 heavy (non-hydrogen) atoms. The average Bonchev–Trinajstić information content (AvgIpc) is 3.14. The molecule has 0 bridgehead atoms. The number of nitrogens with one attached hydrogen (secondary N) is 2. The highest BCUT2D eigenvalue weighted by Gasteiger charge is 2.24. The van der Waals surface area contributed by atoms with Crippen LogP contribution in [0.1, 0.15) is 17.7 Å². The van der Waals surface area contributed by atoms with Gasteiger partial charge >= 0.3 is 0 Å². The molecule has 2 N–H and O–H groups in total. The van der Waals surface area contributed by atoms with Crippen LogP contribution in [0.25, 0.3) is 0 Å². The van der Waals surface area contributed by atoms with E-state index in [4.69, 9.17) is 4.74 Å². The highest BCUT2D eigenvalue weighted by molar-refractivity contribution is 8.02. The zero-order valence-corrected chi connectivity index (χ0v) is 16.6. The Kier molecular flexibility index (Phi) is 6.67. The standard InChI is InChI=1S/C19H20N4O2S2/c1-3-20-18-22-23-19(27-18)26-16(13-8-5-4-6-9-13)17(24)21-14-10-7-11-15(12-14)25-2/h4-12,16H,3H2,1-2H3,(H,20,22)(H,21,24)/t16-/m0/s1. The van der Waals surface area contributed by atoms with Crippen molar-refractivity contribution < 1.29 is 9.53 Å². The molecule has 3 aromatic rings. The van der Waals surface area contributed by atoms with Gasteiger partial charge in [-0.2, -0.15) is 0 Å². The van der Waals surface area contributed by atoms with E-state index in [0.717, 1.165) is 21.6 Å². The molecule has 1 heterocycles. The highest BCUT2D eigenvalue weighted by atomic mass is 32.2. The van der Waals surface area contributed by atoms with Crippen LogP contribution >= 0.6 is 23.1 Å². The van der Waals surface area contributed by atoms with Crippen molar-refractivity contribution in [1.29, 1.82) is 0 Å². The molecule has 3 rings (SSSR count). The number of nitrogens with zero attached hydrogens (tertiary/aromatic N) is 2. The second-order valence-corrected chi connectivity index (χ2v) is 7.86. The molecule has 0 spiro atoms. The van der Waals surface area contributed by atoms with Gasteiger partial charge in [-0.3, -0.25) is 4.79 Å². The summed E-state index contributed by atoms with van der Waals surface area (Å²) in [6.07, 6.45) is 0. The minimum atomic E-state index is -0.445. The van der Waals surface area contributed by atoms with Crippen molar-refractivity contribution in [3.63, 3.8) is 0 Å². The van der Waals surface area contributed by atoms with Crippen LogP contribution in [-0.2, 0) is 4.79 Å². The summed E-state index contributed by atoms with van der Waals surface area (Å²) in [5.74, 6) is 0.566. The fraction of sp³-hybridized carbons (Fsp3) is 0.211. The van der Waals surface area contributed by atoms with Crippen molar-refractivity contribution in [3.05, 3.63) is 60.2 Å². The molecule has 2 aromatic carbocycles. The second-order valence-electron chi connectivity index (χ2n) is 5.53. The lowest BCUT2D eigenvalue weighted by Gasteiger charge is -2.16. The Labute approximate surface area is 166 Å². The number of aromatic nitrogens is 2. The first-order valence-corrected chi connectivity index (χ1v) is 10.1. The third kappa shape index (κ3) is 5.21. The van der Waals surface area contributed by atoms with Crippen LogP contribution in [0.3, 0.4) is 0 Å². The van der Waals surface area contributed by atoms with Crippen molar-refractivity contribution in [2.75, 3.05) is 24.3 Å². The third-order valence-electron chi connectivity index (χ3n) is 3.63. The summed E-state index contributed by atoms with van der Waals surface area (Å²) in [5, 5.41) is 14.7. The van der Waals surface area contributed by atoms with Crippen LogP contribution in [0.5, 0.6) is 5.75 Å². The number of ether oxygens (including phenoxy) is 1. The van der Waals surface area contributed by atoms with Crippen LogP contribution in [0, 0.1) is 0 Å². The van der Waals surface area contributed by atoms with Crippen LogP contribution in [0.15, 0.2) is 58.9 Å². The number of benzene rings is 2. The highest BCUT2D eigenvalue weighted by Crippen LogP contribution is 2.38. The molecule has 0 aliphatic rings. The van der Waals surface area contributed by atoms with Crippen molar-refractivity contribution in [2.45, 2.75) is 16.5 Å². The SMILES string of the molecule is CCNc1nnc(S[C@H](C(=O)Nc2cccc(OC)c2)c2ccccc2)s1. The zero-order valence-electron chi connectivity index (χ0n) is 15.0. The van der Waals surface area contributed by atoms with Gasteiger partial charge in [-0.25, -0.2) is 0 Å². The molecule has 0 fully saturated rings. The van der Waals surface area contributed by atoms with Gasteiger partial charge in [-0.1, -0.05) is 59.5 Å². The van der Waals surface area contributed by atoms with Crippen molar-refractivity contribution >= 4 is 39.8 Å². The molecule has 0 unspecified atom stereocenters. The van der Waals surface area contributed by atoms with E-state index in [0.29, 0.717) is 11.4 Å². The largest absolute Gasteiger partial charge is 0.497 e. The molecule has 6 nitrogen and oxygen atoms in total. The van der Waals surface area contributed by atoms with Crippen LogP contribution < -0.4 is 15.4 Å². The predicted molar refractivity (Wildman–Crippen MR) is 111 cm³/mol. The molecule has 0 saturated carbocycles. The van der Waals surface area contributed by atoms with E-state index in [1.54, 1.807) is 13.2 Å². The fourth-order valence-electron chi connectivity index (χ4n) is 2.39. The maximum atomic E-state index is 13.0. The molecule has 1 atom stereocenters. The molecular weight excluding hydrogens is 380 g/mol. The summed E-state index contributed by atoms with van der Waals surface area (Å²) in [7, 11) is 1.60. The van der Waals surface area contributed by atoms with E-state index in [2.05, 4.69) is 20.8 Å². The molecular formula is C19H20N4O2S2. The number of carbonyl (C=O) groups excluding carboxylic acids is 1. The Morgan fingerprint density at radius 2 is 2.00 bits per heavy atom. The zero-order chi connectivity index (χ0) is 19.1. The molecule has 0 saturated heterocycles. The fourth-order valence-corrected chi connectivity index (χ4v) is 4.40. The lowest BCUT2D eigenvalue weighted by Crippen LogP contribution is -2.19. The molecule has 1 amide bonds. The first-order valence-electron chi connectivity index (χ1n) is 8.43. The number of hydrogen-bond acceptors (Lipinski definition) is 7. The van der Waals surface area contributed by atoms with Gasteiger partial charge in [-0.15, -0.1) is 10.2 Å². The van der Waals surface area contributed by atoms with Crippen molar-refractivity contribution in [1.82, 2.24) is 10.2 Å². The van der Waals surface area contributed by atoms with Crippen LogP contribution in [0.2, 0.25) is 0 Å². The number of thioether (sulfide) groups is 1. The van der Waals surface area contributed by atoms with Gasteiger partial charge < -0.3 is 15.4 Å². The Hall–Kier alpha value is -2.58. The number of hydrogen-bond donors (Lipinski definition) is 2. The Balaban J connectivity index is 1.81. The number of rotatable bonds is 8. The number of carbonyl (C=O) groups is 1. The van der Waals surface area contributed by atoms with Crippen molar-refractivity contribution in [3.8, 4) is 5.75 Å². The number of amides is 1.